The van der Waals surface area contributed by atoms with Crippen LogP contribution in [-0.4, -0.2) is 26.4 Å². The predicted octanol–water partition coefficient (Wildman–Crippen LogP) is 4.56. The normalized spacial score (nSPS) is 12.7. The van der Waals surface area contributed by atoms with E-state index in [1.165, 1.54) is 5.56 Å². The Morgan fingerprint density at radius 3 is 2.57 bits per heavy atom. The van der Waals surface area contributed by atoms with Crippen molar-refractivity contribution in [1.29, 1.82) is 0 Å². The van der Waals surface area contributed by atoms with Crippen molar-refractivity contribution >= 4 is 15.9 Å². The highest BCUT2D eigenvalue weighted by Gasteiger charge is 2.08. The monoisotopic (exact) mass is 357 g/mol. The molecule has 0 fully saturated rings. The van der Waals surface area contributed by atoms with Crippen LogP contribution in [0.5, 0.6) is 5.75 Å². The molecule has 1 unspecified atom stereocenters. The second-order valence-corrected chi connectivity index (χ2v) is 6.54. The summed E-state index contributed by atoms with van der Waals surface area (Å²) < 4.78 is 12.2. The molecular formula is C17H28BrNO2. The van der Waals surface area contributed by atoms with Gasteiger partial charge in [-0.15, -0.1) is 0 Å². The maximum absolute atomic E-state index is 5.74. The first-order valence-electron chi connectivity index (χ1n) is 7.78. The third kappa shape index (κ3) is 7.30. The molecule has 0 aliphatic heterocycles. The Hall–Kier alpha value is -0.580. The summed E-state index contributed by atoms with van der Waals surface area (Å²) in [6.07, 6.45) is 1.14. The Labute approximate surface area is 137 Å². The summed E-state index contributed by atoms with van der Waals surface area (Å²) in [7, 11) is 0. The predicted molar refractivity (Wildman–Crippen MR) is 92.0 cm³/mol. The van der Waals surface area contributed by atoms with Gasteiger partial charge in [-0.25, -0.2) is 0 Å². The standard InChI is InChI=1S/C17H28BrNO2/c1-5-8-19-14(4)15-6-7-17(16(18)11-15)21-10-9-20-12-13(2)3/h6-7,11,13-14,19H,5,8-10,12H2,1-4H3. The third-order valence-electron chi connectivity index (χ3n) is 3.09. The minimum absolute atomic E-state index is 0.352. The Morgan fingerprint density at radius 2 is 1.95 bits per heavy atom. The summed E-state index contributed by atoms with van der Waals surface area (Å²) in [6, 6.07) is 6.61. The van der Waals surface area contributed by atoms with Crippen LogP contribution in [0.15, 0.2) is 22.7 Å². The summed E-state index contributed by atoms with van der Waals surface area (Å²) in [5.74, 6) is 1.43. The maximum Gasteiger partial charge on any atom is 0.133 e. The van der Waals surface area contributed by atoms with Gasteiger partial charge in [-0.05, 0) is 59.4 Å². The molecule has 0 saturated carbocycles. The number of rotatable bonds is 10. The van der Waals surface area contributed by atoms with Crippen molar-refractivity contribution in [3.05, 3.63) is 28.2 Å². The van der Waals surface area contributed by atoms with Crippen LogP contribution in [0.2, 0.25) is 0 Å². The molecule has 1 atom stereocenters. The zero-order valence-corrected chi connectivity index (χ0v) is 15.2. The van der Waals surface area contributed by atoms with Gasteiger partial charge >= 0.3 is 0 Å². The molecule has 0 saturated heterocycles. The molecule has 120 valence electrons. The van der Waals surface area contributed by atoms with Crippen LogP contribution in [-0.2, 0) is 4.74 Å². The molecule has 0 aromatic heterocycles. The molecule has 0 spiro atoms. The van der Waals surface area contributed by atoms with E-state index in [1.54, 1.807) is 0 Å². The summed E-state index contributed by atoms with van der Waals surface area (Å²) in [5, 5.41) is 3.48. The first kappa shape index (κ1) is 18.5. The van der Waals surface area contributed by atoms with E-state index in [2.05, 4.69) is 61.1 Å². The Morgan fingerprint density at radius 1 is 1.19 bits per heavy atom. The molecule has 0 bridgehead atoms. The Bertz CT molecular complexity index is 410. The van der Waals surface area contributed by atoms with Gasteiger partial charge in [-0.3, -0.25) is 0 Å². The average molecular weight is 358 g/mol. The molecular weight excluding hydrogens is 330 g/mol. The highest BCUT2D eigenvalue weighted by Crippen LogP contribution is 2.28. The fourth-order valence-electron chi connectivity index (χ4n) is 1.91. The van der Waals surface area contributed by atoms with Crippen molar-refractivity contribution in [3.8, 4) is 5.75 Å². The molecule has 0 aliphatic rings. The van der Waals surface area contributed by atoms with E-state index < -0.39 is 0 Å². The van der Waals surface area contributed by atoms with Crippen LogP contribution in [0, 0.1) is 5.92 Å². The molecule has 1 aromatic rings. The minimum atomic E-state index is 0.352. The fraction of sp³-hybridized carbons (Fsp3) is 0.647. The van der Waals surface area contributed by atoms with E-state index >= 15 is 0 Å². The first-order valence-corrected chi connectivity index (χ1v) is 8.57. The largest absolute Gasteiger partial charge is 0.490 e. The SMILES string of the molecule is CCCNC(C)c1ccc(OCCOCC(C)C)c(Br)c1. The fourth-order valence-corrected chi connectivity index (χ4v) is 2.42. The lowest BCUT2D eigenvalue weighted by Crippen LogP contribution is -2.19. The van der Waals surface area contributed by atoms with Gasteiger partial charge in [-0.2, -0.15) is 0 Å². The quantitative estimate of drug-likeness (QED) is 0.622. The van der Waals surface area contributed by atoms with Gasteiger partial charge in [0.15, 0.2) is 0 Å². The van der Waals surface area contributed by atoms with E-state index in [4.69, 9.17) is 9.47 Å². The molecule has 1 rings (SSSR count). The highest BCUT2D eigenvalue weighted by atomic mass is 79.9. The van der Waals surface area contributed by atoms with E-state index in [0.717, 1.165) is 29.8 Å². The summed E-state index contributed by atoms with van der Waals surface area (Å²) in [5.41, 5.74) is 1.26. The average Bonchev–Trinajstić information content (AvgIpc) is 2.45. The van der Waals surface area contributed by atoms with Gasteiger partial charge < -0.3 is 14.8 Å². The highest BCUT2D eigenvalue weighted by molar-refractivity contribution is 9.10. The zero-order chi connectivity index (χ0) is 15.7. The van der Waals surface area contributed by atoms with Gasteiger partial charge in [-0.1, -0.05) is 26.8 Å². The molecule has 21 heavy (non-hydrogen) atoms. The Balaban J connectivity index is 2.43. The van der Waals surface area contributed by atoms with Crippen molar-refractivity contribution in [1.82, 2.24) is 5.32 Å². The molecule has 1 N–H and O–H groups in total. The van der Waals surface area contributed by atoms with E-state index in [1.807, 2.05) is 6.07 Å². The van der Waals surface area contributed by atoms with Crippen molar-refractivity contribution < 1.29 is 9.47 Å². The van der Waals surface area contributed by atoms with Crippen molar-refractivity contribution in [3.63, 3.8) is 0 Å². The van der Waals surface area contributed by atoms with Crippen LogP contribution >= 0.6 is 15.9 Å². The lowest BCUT2D eigenvalue weighted by Gasteiger charge is -2.16. The van der Waals surface area contributed by atoms with Gasteiger partial charge in [0.05, 0.1) is 11.1 Å². The summed E-state index contributed by atoms with van der Waals surface area (Å²) in [4.78, 5) is 0. The molecule has 0 amide bonds. The topological polar surface area (TPSA) is 30.5 Å². The Kier molecular flexibility index (Phi) is 8.97. The third-order valence-corrected chi connectivity index (χ3v) is 3.71. The number of halogens is 1. The van der Waals surface area contributed by atoms with E-state index in [-0.39, 0.29) is 0 Å². The summed E-state index contributed by atoms with van der Waals surface area (Å²) in [6.45, 7) is 11.7. The molecule has 0 aliphatic carbocycles. The zero-order valence-electron chi connectivity index (χ0n) is 13.6. The van der Waals surface area contributed by atoms with Crippen LogP contribution in [0.3, 0.4) is 0 Å². The van der Waals surface area contributed by atoms with Crippen molar-refractivity contribution in [2.45, 2.75) is 40.2 Å². The van der Waals surface area contributed by atoms with Crippen LogP contribution < -0.4 is 10.1 Å². The maximum atomic E-state index is 5.74. The number of ether oxygens (including phenoxy) is 2. The number of hydrogen-bond acceptors (Lipinski definition) is 3. The molecule has 1 aromatic carbocycles. The van der Waals surface area contributed by atoms with E-state index in [9.17, 15) is 0 Å². The lowest BCUT2D eigenvalue weighted by molar-refractivity contribution is 0.0817. The second kappa shape index (κ2) is 10.2. The number of hydrogen-bond donors (Lipinski definition) is 1. The van der Waals surface area contributed by atoms with Gasteiger partial charge in [0.2, 0.25) is 0 Å². The second-order valence-electron chi connectivity index (χ2n) is 5.68. The van der Waals surface area contributed by atoms with Crippen LogP contribution in [0.4, 0.5) is 0 Å². The number of benzene rings is 1. The van der Waals surface area contributed by atoms with Gasteiger partial charge in [0.25, 0.3) is 0 Å². The lowest BCUT2D eigenvalue weighted by atomic mass is 10.1. The van der Waals surface area contributed by atoms with Crippen LogP contribution in [0.1, 0.15) is 45.7 Å². The first-order chi connectivity index (χ1) is 10.0. The van der Waals surface area contributed by atoms with Crippen molar-refractivity contribution in [2.75, 3.05) is 26.4 Å². The smallest absolute Gasteiger partial charge is 0.133 e. The van der Waals surface area contributed by atoms with Gasteiger partial charge in [0.1, 0.15) is 12.4 Å². The van der Waals surface area contributed by atoms with Gasteiger partial charge in [0, 0.05) is 12.6 Å². The number of nitrogens with one attached hydrogen (secondary N) is 1. The molecule has 3 nitrogen and oxygen atoms in total. The molecule has 0 radical (unpaired) electrons. The van der Waals surface area contributed by atoms with E-state index in [0.29, 0.717) is 25.2 Å². The molecule has 0 heterocycles. The minimum Gasteiger partial charge on any atom is -0.490 e. The van der Waals surface area contributed by atoms with Crippen LogP contribution in [0.25, 0.3) is 0 Å². The van der Waals surface area contributed by atoms with Crippen molar-refractivity contribution in [2.24, 2.45) is 5.92 Å². The summed E-state index contributed by atoms with van der Waals surface area (Å²) >= 11 is 3.58. The molecule has 4 heteroatoms.